The Bertz CT molecular complexity index is 687. The number of nitrogens with one attached hydrogen (secondary N) is 1. The Hall–Kier alpha value is -1.83. The number of halogens is 1. The van der Waals surface area contributed by atoms with Gasteiger partial charge in [0.2, 0.25) is 0 Å². The van der Waals surface area contributed by atoms with Gasteiger partial charge in [0.25, 0.3) is 10.0 Å². The molecule has 0 aliphatic rings. The van der Waals surface area contributed by atoms with Crippen LogP contribution in [-0.4, -0.2) is 13.4 Å². The van der Waals surface area contributed by atoms with Gasteiger partial charge in [0.15, 0.2) is 5.03 Å². The molecule has 7 heteroatoms. The second kappa shape index (κ2) is 6.08. The molecule has 0 spiro atoms. The van der Waals surface area contributed by atoms with E-state index >= 15 is 0 Å². The highest BCUT2D eigenvalue weighted by molar-refractivity contribution is 7.89. The van der Waals surface area contributed by atoms with Crippen LogP contribution in [0.5, 0.6) is 0 Å². The fourth-order valence-corrected chi connectivity index (χ4v) is 2.53. The molecule has 2 rings (SSSR count). The molecule has 20 heavy (non-hydrogen) atoms. The van der Waals surface area contributed by atoms with E-state index in [0.29, 0.717) is 12.1 Å². The summed E-state index contributed by atoms with van der Waals surface area (Å²) in [6.07, 6.45) is 1.41. The number of nitrogens with zero attached hydrogens (tertiary/aromatic N) is 1. The highest BCUT2D eigenvalue weighted by Crippen LogP contribution is 2.08. The quantitative estimate of drug-likeness (QED) is 0.866. The normalized spacial score (nSPS) is 11.5. The standard InChI is InChI=1S/C13H14FN3O2S/c14-12-3-1-2-10(6-12)9-17-20(18,19)13-5-4-11(7-15)8-16-13/h1-6,8,17H,7,9,15H2. The number of nitrogens with two attached hydrogens (primary N) is 1. The van der Waals surface area contributed by atoms with E-state index in [-0.39, 0.29) is 11.6 Å². The predicted octanol–water partition coefficient (Wildman–Crippen LogP) is 1.16. The van der Waals surface area contributed by atoms with E-state index in [1.54, 1.807) is 12.1 Å². The van der Waals surface area contributed by atoms with E-state index in [4.69, 9.17) is 5.73 Å². The monoisotopic (exact) mass is 295 g/mol. The van der Waals surface area contributed by atoms with Crippen LogP contribution in [0.2, 0.25) is 0 Å². The molecule has 1 heterocycles. The SMILES string of the molecule is NCc1ccc(S(=O)(=O)NCc2cccc(F)c2)nc1. The molecule has 1 aromatic carbocycles. The summed E-state index contributed by atoms with van der Waals surface area (Å²) in [5.41, 5.74) is 6.70. The molecule has 0 saturated carbocycles. The minimum absolute atomic E-state index is 0.000410. The molecular weight excluding hydrogens is 281 g/mol. The minimum Gasteiger partial charge on any atom is -0.326 e. The summed E-state index contributed by atoms with van der Waals surface area (Å²) in [6, 6.07) is 8.71. The van der Waals surface area contributed by atoms with Gasteiger partial charge in [0, 0.05) is 19.3 Å². The molecule has 0 radical (unpaired) electrons. The van der Waals surface area contributed by atoms with Crippen LogP contribution in [0.3, 0.4) is 0 Å². The summed E-state index contributed by atoms with van der Waals surface area (Å²) >= 11 is 0. The average molecular weight is 295 g/mol. The lowest BCUT2D eigenvalue weighted by Crippen LogP contribution is -2.24. The van der Waals surface area contributed by atoms with Gasteiger partial charge in [-0.2, -0.15) is 0 Å². The first kappa shape index (κ1) is 14.6. The van der Waals surface area contributed by atoms with Crippen molar-refractivity contribution in [3.05, 3.63) is 59.5 Å². The zero-order chi connectivity index (χ0) is 14.6. The van der Waals surface area contributed by atoms with Gasteiger partial charge in [-0.3, -0.25) is 0 Å². The van der Waals surface area contributed by atoms with Crippen molar-refractivity contribution < 1.29 is 12.8 Å². The molecule has 1 aromatic heterocycles. The van der Waals surface area contributed by atoms with E-state index in [1.807, 2.05) is 0 Å². The Balaban J connectivity index is 2.10. The Kier molecular flexibility index (Phi) is 4.43. The Morgan fingerprint density at radius 1 is 1.20 bits per heavy atom. The molecule has 5 nitrogen and oxygen atoms in total. The molecular formula is C13H14FN3O2S. The third kappa shape index (κ3) is 3.60. The fourth-order valence-electron chi connectivity index (χ4n) is 1.59. The van der Waals surface area contributed by atoms with Crippen LogP contribution in [0, 0.1) is 5.82 Å². The number of sulfonamides is 1. The van der Waals surface area contributed by atoms with Crippen molar-refractivity contribution in [3.63, 3.8) is 0 Å². The summed E-state index contributed by atoms with van der Waals surface area (Å²) < 4.78 is 39.3. The van der Waals surface area contributed by atoms with E-state index in [1.165, 1.54) is 30.5 Å². The number of rotatable bonds is 5. The van der Waals surface area contributed by atoms with Crippen molar-refractivity contribution >= 4 is 10.0 Å². The maximum Gasteiger partial charge on any atom is 0.258 e. The fraction of sp³-hybridized carbons (Fsp3) is 0.154. The van der Waals surface area contributed by atoms with Gasteiger partial charge in [-0.25, -0.2) is 22.5 Å². The van der Waals surface area contributed by atoms with Gasteiger partial charge in [-0.15, -0.1) is 0 Å². The Labute approximate surface area is 116 Å². The Morgan fingerprint density at radius 2 is 2.00 bits per heavy atom. The van der Waals surface area contributed by atoms with Crippen molar-refractivity contribution in [1.29, 1.82) is 0 Å². The van der Waals surface area contributed by atoms with Crippen LogP contribution in [0.4, 0.5) is 4.39 Å². The molecule has 3 N–H and O–H groups in total. The molecule has 0 aliphatic heterocycles. The summed E-state index contributed by atoms with van der Waals surface area (Å²) in [5.74, 6) is -0.410. The number of aromatic nitrogens is 1. The third-order valence-corrected chi connectivity index (χ3v) is 3.98. The average Bonchev–Trinajstić information content (AvgIpc) is 2.45. The highest BCUT2D eigenvalue weighted by Gasteiger charge is 2.15. The second-order valence-corrected chi connectivity index (χ2v) is 5.88. The van der Waals surface area contributed by atoms with Gasteiger partial charge in [-0.1, -0.05) is 18.2 Å². The molecule has 0 atom stereocenters. The van der Waals surface area contributed by atoms with Crippen LogP contribution < -0.4 is 10.5 Å². The summed E-state index contributed by atoms with van der Waals surface area (Å²) in [5, 5.41) is -0.0916. The van der Waals surface area contributed by atoms with E-state index in [0.717, 1.165) is 5.56 Å². The van der Waals surface area contributed by atoms with E-state index in [9.17, 15) is 12.8 Å². The second-order valence-electron chi connectivity index (χ2n) is 4.16. The lowest BCUT2D eigenvalue weighted by atomic mass is 10.2. The van der Waals surface area contributed by atoms with Crippen molar-refractivity contribution in [2.75, 3.05) is 0 Å². The van der Waals surface area contributed by atoms with E-state index in [2.05, 4.69) is 9.71 Å². The molecule has 2 aromatic rings. The van der Waals surface area contributed by atoms with Crippen molar-refractivity contribution in [2.45, 2.75) is 18.1 Å². The molecule has 0 amide bonds. The maximum atomic E-state index is 13.0. The number of benzene rings is 1. The largest absolute Gasteiger partial charge is 0.326 e. The molecule has 0 aliphatic carbocycles. The predicted molar refractivity (Wildman–Crippen MR) is 72.6 cm³/mol. The minimum atomic E-state index is -3.72. The summed E-state index contributed by atoms with van der Waals surface area (Å²) in [4.78, 5) is 3.85. The van der Waals surface area contributed by atoms with Crippen molar-refractivity contribution in [3.8, 4) is 0 Å². The smallest absolute Gasteiger partial charge is 0.258 e. The lowest BCUT2D eigenvalue weighted by molar-refractivity contribution is 0.576. The number of hydrogen-bond donors (Lipinski definition) is 2. The highest BCUT2D eigenvalue weighted by atomic mass is 32.2. The molecule has 0 fully saturated rings. The maximum absolute atomic E-state index is 13.0. The summed E-state index contributed by atoms with van der Waals surface area (Å²) in [6.45, 7) is 0.296. The zero-order valence-electron chi connectivity index (χ0n) is 10.6. The van der Waals surface area contributed by atoms with Crippen molar-refractivity contribution in [1.82, 2.24) is 9.71 Å². The lowest BCUT2D eigenvalue weighted by Gasteiger charge is -2.06. The third-order valence-electron chi connectivity index (χ3n) is 2.66. The van der Waals surface area contributed by atoms with Crippen molar-refractivity contribution in [2.24, 2.45) is 5.73 Å². The first-order valence-corrected chi connectivity index (χ1v) is 7.39. The van der Waals surface area contributed by atoms with Crippen LogP contribution in [0.15, 0.2) is 47.6 Å². The van der Waals surface area contributed by atoms with Gasteiger partial charge in [-0.05, 0) is 29.3 Å². The number of hydrogen-bond acceptors (Lipinski definition) is 4. The topological polar surface area (TPSA) is 85.1 Å². The first-order valence-electron chi connectivity index (χ1n) is 5.90. The molecule has 0 saturated heterocycles. The molecule has 0 bridgehead atoms. The molecule has 106 valence electrons. The summed E-state index contributed by atoms with van der Waals surface area (Å²) in [7, 11) is -3.72. The van der Waals surface area contributed by atoms with Crippen LogP contribution in [0.25, 0.3) is 0 Å². The molecule has 0 unspecified atom stereocenters. The van der Waals surface area contributed by atoms with Gasteiger partial charge >= 0.3 is 0 Å². The van der Waals surface area contributed by atoms with Gasteiger partial charge in [0.05, 0.1) is 0 Å². The first-order chi connectivity index (χ1) is 9.51. The zero-order valence-corrected chi connectivity index (χ0v) is 11.4. The van der Waals surface area contributed by atoms with Gasteiger partial charge in [0.1, 0.15) is 5.82 Å². The van der Waals surface area contributed by atoms with Gasteiger partial charge < -0.3 is 5.73 Å². The van der Waals surface area contributed by atoms with Crippen LogP contribution >= 0.6 is 0 Å². The number of pyridine rings is 1. The Morgan fingerprint density at radius 3 is 2.60 bits per heavy atom. The van der Waals surface area contributed by atoms with Crippen LogP contribution in [0.1, 0.15) is 11.1 Å². The van der Waals surface area contributed by atoms with Crippen LogP contribution in [-0.2, 0) is 23.1 Å². The van der Waals surface area contributed by atoms with E-state index < -0.39 is 15.8 Å².